The van der Waals surface area contributed by atoms with Crippen molar-refractivity contribution in [2.75, 3.05) is 20.2 Å². The van der Waals surface area contributed by atoms with Crippen LogP contribution in [0.15, 0.2) is 12.1 Å². The van der Waals surface area contributed by atoms with Gasteiger partial charge in [0.15, 0.2) is 0 Å². The average Bonchev–Trinajstić information content (AvgIpc) is 2.40. The number of hydrogen-bond donors (Lipinski definition) is 1. The first-order valence-corrected chi connectivity index (χ1v) is 7.04. The Labute approximate surface area is 115 Å². The minimum absolute atomic E-state index is 0.138. The van der Waals surface area contributed by atoms with Gasteiger partial charge in [-0.15, -0.1) is 0 Å². The molecule has 0 saturated carbocycles. The highest BCUT2D eigenvalue weighted by Gasteiger charge is 2.26. The average molecular weight is 264 g/mol. The standard InChI is InChI=1S/C15H24N2O2/c1-4-12-9-17(6-5-15(12)18)10-13-8-14(19-3)7-11(2)16-13/h7-8,12,15,18H,4-6,9-10H2,1-3H3. The first-order chi connectivity index (χ1) is 9.12. The number of pyridine rings is 1. The summed E-state index contributed by atoms with van der Waals surface area (Å²) in [5, 5.41) is 9.92. The van der Waals surface area contributed by atoms with Gasteiger partial charge in [0.1, 0.15) is 5.75 Å². The van der Waals surface area contributed by atoms with E-state index >= 15 is 0 Å². The second kappa shape index (κ2) is 6.35. The summed E-state index contributed by atoms with van der Waals surface area (Å²) in [5.74, 6) is 1.26. The van der Waals surface area contributed by atoms with Gasteiger partial charge in [-0.05, 0) is 25.7 Å². The molecular weight excluding hydrogens is 240 g/mol. The van der Waals surface area contributed by atoms with E-state index in [4.69, 9.17) is 4.74 Å². The highest BCUT2D eigenvalue weighted by atomic mass is 16.5. The van der Waals surface area contributed by atoms with Gasteiger partial charge in [-0.2, -0.15) is 0 Å². The lowest BCUT2D eigenvalue weighted by atomic mass is 9.92. The molecule has 2 atom stereocenters. The Balaban J connectivity index is 2.03. The number of methoxy groups -OCH3 is 1. The number of aliphatic hydroxyl groups excluding tert-OH is 1. The molecule has 0 bridgehead atoms. The van der Waals surface area contributed by atoms with Gasteiger partial charge in [0.05, 0.1) is 18.9 Å². The summed E-state index contributed by atoms with van der Waals surface area (Å²) in [4.78, 5) is 6.94. The van der Waals surface area contributed by atoms with Crippen LogP contribution in [0.5, 0.6) is 5.75 Å². The fraction of sp³-hybridized carbons (Fsp3) is 0.667. The van der Waals surface area contributed by atoms with Crippen molar-refractivity contribution in [2.24, 2.45) is 5.92 Å². The Morgan fingerprint density at radius 1 is 1.47 bits per heavy atom. The lowest BCUT2D eigenvalue weighted by Crippen LogP contribution is -2.42. The molecule has 106 valence electrons. The molecule has 1 aliphatic rings. The molecule has 1 saturated heterocycles. The van der Waals surface area contributed by atoms with E-state index in [0.29, 0.717) is 5.92 Å². The van der Waals surface area contributed by atoms with Crippen LogP contribution in [0, 0.1) is 12.8 Å². The molecule has 1 N–H and O–H groups in total. The van der Waals surface area contributed by atoms with Crippen LogP contribution in [-0.4, -0.2) is 41.3 Å². The van der Waals surface area contributed by atoms with E-state index in [-0.39, 0.29) is 6.10 Å². The molecule has 1 aromatic heterocycles. The quantitative estimate of drug-likeness (QED) is 0.903. The number of ether oxygens (including phenoxy) is 1. The largest absolute Gasteiger partial charge is 0.497 e. The Bertz CT molecular complexity index is 423. The molecule has 1 aliphatic heterocycles. The molecule has 0 aromatic carbocycles. The maximum absolute atomic E-state index is 9.92. The highest BCUT2D eigenvalue weighted by Crippen LogP contribution is 2.22. The van der Waals surface area contributed by atoms with Crippen molar-refractivity contribution < 1.29 is 9.84 Å². The van der Waals surface area contributed by atoms with Gasteiger partial charge in [0, 0.05) is 37.5 Å². The first kappa shape index (κ1) is 14.3. The number of nitrogens with zero attached hydrogens (tertiary/aromatic N) is 2. The molecule has 4 heteroatoms. The molecule has 2 unspecified atom stereocenters. The number of piperidine rings is 1. The van der Waals surface area contributed by atoms with Crippen LogP contribution in [-0.2, 0) is 6.54 Å². The van der Waals surface area contributed by atoms with Gasteiger partial charge in [-0.1, -0.05) is 6.92 Å². The molecule has 1 aromatic rings. The molecule has 1 fully saturated rings. The van der Waals surface area contributed by atoms with Crippen molar-refractivity contribution in [1.29, 1.82) is 0 Å². The van der Waals surface area contributed by atoms with E-state index in [1.165, 1.54) is 0 Å². The van der Waals surface area contributed by atoms with E-state index in [1.807, 2.05) is 19.1 Å². The van der Waals surface area contributed by atoms with Crippen molar-refractivity contribution in [3.05, 3.63) is 23.5 Å². The van der Waals surface area contributed by atoms with Crippen LogP contribution in [0.3, 0.4) is 0 Å². The summed E-state index contributed by atoms with van der Waals surface area (Å²) >= 11 is 0. The monoisotopic (exact) mass is 264 g/mol. The van der Waals surface area contributed by atoms with Crippen LogP contribution >= 0.6 is 0 Å². The van der Waals surface area contributed by atoms with Crippen LogP contribution in [0.4, 0.5) is 0 Å². The molecule has 2 heterocycles. The third kappa shape index (κ3) is 3.67. The third-order valence-corrected chi connectivity index (χ3v) is 3.90. The summed E-state index contributed by atoms with van der Waals surface area (Å²) in [5.41, 5.74) is 2.03. The van der Waals surface area contributed by atoms with Crippen LogP contribution in [0.1, 0.15) is 31.2 Å². The maximum atomic E-state index is 9.92. The molecule has 2 rings (SSSR count). The number of aliphatic hydroxyl groups is 1. The summed E-state index contributed by atoms with van der Waals surface area (Å²) in [6.45, 7) is 6.86. The Morgan fingerprint density at radius 3 is 2.95 bits per heavy atom. The van der Waals surface area contributed by atoms with Crippen molar-refractivity contribution in [3.63, 3.8) is 0 Å². The highest BCUT2D eigenvalue weighted by molar-refractivity contribution is 5.26. The molecule has 19 heavy (non-hydrogen) atoms. The molecular formula is C15H24N2O2. The minimum atomic E-state index is -0.138. The van der Waals surface area contributed by atoms with E-state index in [2.05, 4.69) is 16.8 Å². The summed E-state index contributed by atoms with van der Waals surface area (Å²) in [7, 11) is 1.68. The fourth-order valence-electron chi connectivity index (χ4n) is 2.77. The second-order valence-corrected chi connectivity index (χ2v) is 5.40. The van der Waals surface area contributed by atoms with E-state index < -0.39 is 0 Å². The fourth-order valence-corrected chi connectivity index (χ4v) is 2.77. The number of aryl methyl sites for hydroxylation is 1. The van der Waals surface area contributed by atoms with Crippen molar-refractivity contribution >= 4 is 0 Å². The zero-order valence-electron chi connectivity index (χ0n) is 12.1. The number of rotatable bonds is 4. The van der Waals surface area contributed by atoms with E-state index in [0.717, 1.165) is 49.6 Å². The SMILES string of the molecule is CCC1CN(Cc2cc(OC)cc(C)n2)CCC1O. The number of likely N-dealkylation sites (tertiary alicyclic amines) is 1. The smallest absolute Gasteiger partial charge is 0.122 e. The Kier molecular flexibility index (Phi) is 4.77. The summed E-state index contributed by atoms with van der Waals surface area (Å²) in [6, 6.07) is 3.94. The maximum Gasteiger partial charge on any atom is 0.122 e. The normalized spacial score (nSPS) is 24.4. The minimum Gasteiger partial charge on any atom is -0.497 e. The topological polar surface area (TPSA) is 45.6 Å². The van der Waals surface area contributed by atoms with Crippen molar-refractivity contribution in [1.82, 2.24) is 9.88 Å². The molecule has 0 radical (unpaired) electrons. The predicted molar refractivity (Wildman–Crippen MR) is 75.2 cm³/mol. The van der Waals surface area contributed by atoms with Crippen LogP contribution in [0.25, 0.3) is 0 Å². The van der Waals surface area contributed by atoms with Gasteiger partial charge >= 0.3 is 0 Å². The molecule has 0 aliphatic carbocycles. The van der Waals surface area contributed by atoms with Gasteiger partial charge < -0.3 is 9.84 Å². The van der Waals surface area contributed by atoms with Gasteiger partial charge in [0.25, 0.3) is 0 Å². The second-order valence-electron chi connectivity index (χ2n) is 5.40. The zero-order valence-corrected chi connectivity index (χ0v) is 12.1. The van der Waals surface area contributed by atoms with E-state index in [1.54, 1.807) is 7.11 Å². The summed E-state index contributed by atoms with van der Waals surface area (Å²) < 4.78 is 5.29. The lowest BCUT2D eigenvalue weighted by molar-refractivity contribution is 0.0217. The first-order valence-electron chi connectivity index (χ1n) is 7.04. The van der Waals surface area contributed by atoms with Crippen molar-refractivity contribution in [2.45, 2.75) is 39.3 Å². The van der Waals surface area contributed by atoms with Gasteiger partial charge in [0.2, 0.25) is 0 Å². The van der Waals surface area contributed by atoms with Crippen LogP contribution in [0.2, 0.25) is 0 Å². The van der Waals surface area contributed by atoms with Crippen LogP contribution < -0.4 is 4.74 Å². The number of aromatic nitrogens is 1. The number of hydrogen-bond acceptors (Lipinski definition) is 4. The van der Waals surface area contributed by atoms with Gasteiger partial charge in [-0.25, -0.2) is 0 Å². The zero-order chi connectivity index (χ0) is 13.8. The Morgan fingerprint density at radius 2 is 2.26 bits per heavy atom. The molecule has 0 spiro atoms. The Hall–Kier alpha value is -1.13. The predicted octanol–water partition coefficient (Wildman–Crippen LogP) is 1.99. The third-order valence-electron chi connectivity index (χ3n) is 3.90. The molecule has 4 nitrogen and oxygen atoms in total. The lowest BCUT2D eigenvalue weighted by Gasteiger charge is -2.35. The van der Waals surface area contributed by atoms with Crippen molar-refractivity contribution in [3.8, 4) is 5.75 Å². The van der Waals surface area contributed by atoms with E-state index in [9.17, 15) is 5.11 Å². The van der Waals surface area contributed by atoms with Gasteiger partial charge in [-0.3, -0.25) is 9.88 Å². The molecule has 0 amide bonds. The summed E-state index contributed by atoms with van der Waals surface area (Å²) in [6.07, 6.45) is 1.75.